The lowest BCUT2D eigenvalue weighted by molar-refractivity contribution is 0.0955. The number of rotatable bonds is 3. The van der Waals surface area contributed by atoms with Crippen molar-refractivity contribution in [3.8, 4) is 11.5 Å². The van der Waals surface area contributed by atoms with Crippen LogP contribution in [0.15, 0.2) is 28.7 Å². The second kappa shape index (κ2) is 7.05. The fourth-order valence-electron chi connectivity index (χ4n) is 2.94. The van der Waals surface area contributed by atoms with Gasteiger partial charge in [-0.05, 0) is 44.9 Å². The van der Waals surface area contributed by atoms with E-state index in [2.05, 4.69) is 15.6 Å². The fraction of sp³-hybridized carbons (Fsp3) is 0.444. The maximum atomic E-state index is 12.2. The molecule has 6 heteroatoms. The first-order valence-electron chi connectivity index (χ1n) is 8.33. The number of nitrogens with one attached hydrogen (secondary N) is 2. The first-order chi connectivity index (χ1) is 11.5. The van der Waals surface area contributed by atoms with E-state index >= 15 is 0 Å². The lowest BCUT2D eigenvalue weighted by atomic mass is 9.93. The minimum atomic E-state index is -0.464. The van der Waals surface area contributed by atoms with Gasteiger partial charge in [-0.3, -0.25) is 0 Å². The number of benzene rings is 1. The molecular formula is C18H23N3O3. The molecule has 0 bridgehead atoms. The molecule has 0 saturated heterocycles. The Bertz CT molecular complexity index is 707. The number of carbonyl (C=O) groups is 1. The van der Waals surface area contributed by atoms with Crippen LogP contribution in [0.1, 0.15) is 37.1 Å². The molecule has 2 atom stereocenters. The van der Waals surface area contributed by atoms with E-state index in [0.717, 1.165) is 42.7 Å². The number of nitrogens with zero attached hydrogens (tertiary/aromatic N) is 1. The highest BCUT2D eigenvalue weighted by Gasteiger charge is 2.24. The second-order valence-electron chi connectivity index (χ2n) is 6.30. The number of hydrogen-bond acceptors (Lipinski definition) is 4. The van der Waals surface area contributed by atoms with Crippen molar-refractivity contribution in [2.75, 3.05) is 5.32 Å². The maximum Gasteiger partial charge on any atom is 0.319 e. The van der Waals surface area contributed by atoms with Gasteiger partial charge in [0.2, 0.25) is 5.89 Å². The van der Waals surface area contributed by atoms with Gasteiger partial charge in [0, 0.05) is 11.3 Å². The lowest BCUT2D eigenvalue weighted by Gasteiger charge is -2.28. The van der Waals surface area contributed by atoms with Crippen LogP contribution >= 0.6 is 0 Å². The molecule has 128 valence electrons. The van der Waals surface area contributed by atoms with Gasteiger partial charge in [0.1, 0.15) is 5.76 Å². The zero-order valence-electron chi connectivity index (χ0n) is 14.0. The van der Waals surface area contributed by atoms with Crippen LogP contribution < -0.4 is 10.6 Å². The Morgan fingerprint density at radius 3 is 2.79 bits per heavy atom. The van der Waals surface area contributed by atoms with Crippen molar-refractivity contribution < 1.29 is 14.3 Å². The van der Waals surface area contributed by atoms with E-state index in [1.54, 1.807) is 0 Å². The first-order valence-corrected chi connectivity index (χ1v) is 8.33. The molecule has 2 unspecified atom stereocenters. The van der Waals surface area contributed by atoms with Crippen molar-refractivity contribution in [3.05, 3.63) is 35.7 Å². The summed E-state index contributed by atoms with van der Waals surface area (Å²) in [5.41, 5.74) is 2.32. The van der Waals surface area contributed by atoms with Crippen molar-refractivity contribution >= 4 is 11.7 Å². The number of oxazole rings is 1. The van der Waals surface area contributed by atoms with E-state index < -0.39 is 6.10 Å². The third kappa shape index (κ3) is 3.76. The van der Waals surface area contributed by atoms with E-state index in [0.29, 0.717) is 11.6 Å². The van der Waals surface area contributed by atoms with Gasteiger partial charge in [-0.2, -0.15) is 0 Å². The Morgan fingerprint density at radius 1 is 1.29 bits per heavy atom. The predicted octanol–water partition coefficient (Wildman–Crippen LogP) is 3.38. The van der Waals surface area contributed by atoms with Crippen LogP contribution in [0.5, 0.6) is 0 Å². The lowest BCUT2D eigenvalue weighted by Crippen LogP contribution is -2.46. The molecule has 2 amide bonds. The number of aromatic nitrogens is 1. The molecular weight excluding hydrogens is 306 g/mol. The normalized spacial score (nSPS) is 20.6. The largest absolute Gasteiger partial charge is 0.441 e. The van der Waals surface area contributed by atoms with Crippen LogP contribution in [-0.4, -0.2) is 28.3 Å². The zero-order valence-corrected chi connectivity index (χ0v) is 14.0. The number of aliphatic hydroxyl groups is 1. The summed E-state index contributed by atoms with van der Waals surface area (Å²) < 4.78 is 5.62. The minimum absolute atomic E-state index is 0.182. The van der Waals surface area contributed by atoms with Gasteiger partial charge in [-0.1, -0.05) is 18.9 Å². The molecule has 3 rings (SSSR count). The topological polar surface area (TPSA) is 87.4 Å². The molecule has 1 aliphatic rings. The standard InChI is InChI=1S/C18H23N3O3/c1-11-12(2)24-17(19-11)13-6-5-7-14(10-13)20-18(23)21-15-8-3-4-9-16(15)22/h5-7,10,15-16,22H,3-4,8-9H2,1-2H3,(H2,20,21,23). The quantitative estimate of drug-likeness (QED) is 0.805. The van der Waals surface area contributed by atoms with Crippen molar-refractivity contribution in [1.82, 2.24) is 10.3 Å². The molecule has 1 heterocycles. The molecule has 1 aromatic heterocycles. The molecule has 1 fully saturated rings. The Hall–Kier alpha value is -2.34. The van der Waals surface area contributed by atoms with Gasteiger partial charge in [-0.25, -0.2) is 9.78 Å². The summed E-state index contributed by atoms with van der Waals surface area (Å²) in [7, 11) is 0. The molecule has 6 nitrogen and oxygen atoms in total. The molecule has 2 aromatic rings. The van der Waals surface area contributed by atoms with Crippen molar-refractivity contribution in [3.63, 3.8) is 0 Å². The molecule has 0 spiro atoms. The van der Waals surface area contributed by atoms with Gasteiger partial charge < -0.3 is 20.2 Å². The van der Waals surface area contributed by atoms with Crippen molar-refractivity contribution in [1.29, 1.82) is 0 Å². The van der Waals surface area contributed by atoms with Gasteiger partial charge in [0.05, 0.1) is 17.8 Å². The molecule has 1 saturated carbocycles. The number of anilines is 1. The van der Waals surface area contributed by atoms with E-state index in [9.17, 15) is 9.90 Å². The van der Waals surface area contributed by atoms with E-state index in [-0.39, 0.29) is 12.1 Å². The Labute approximate surface area is 141 Å². The van der Waals surface area contributed by atoms with Crippen molar-refractivity contribution in [2.45, 2.75) is 51.7 Å². The number of amides is 2. The number of hydrogen-bond donors (Lipinski definition) is 3. The highest BCUT2D eigenvalue weighted by molar-refractivity contribution is 5.90. The number of urea groups is 1. The van der Waals surface area contributed by atoms with Crippen LogP contribution in [0, 0.1) is 13.8 Å². The molecule has 3 N–H and O–H groups in total. The molecule has 1 aliphatic carbocycles. The maximum absolute atomic E-state index is 12.2. The van der Waals surface area contributed by atoms with E-state index in [1.807, 2.05) is 38.1 Å². The van der Waals surface area contributed by atoms with Gasteiger partial charge in [0.25, 0.3) is 0 Å². The SMILES string of the molecule is Cc1nc(-c2cccc(NC(=O)NC3CCCCC3O)c2)oc1C. The van der Waals surface area contributed by atoms with Crippen LogP contribution in [0.3, 0.4) is 0 Å². The zero-order chi connectivity index (χ0) is 17.1. The Balaban J connectivity index is 1.67. The second-order valence-corrected chi connectivity index (χ2v) is 6.30. The van der Waals surface area contributed by atoms with Crippen LogP contribution in [0.25, 0.3) is 11.5 Å². The number of aryl methyl sites for hydroxylation is 2. The summed E-state index contributed by atoms with van der Waals surface area (Å²) in [5.74, 6) is 1.32. The summed E-state index contributed by atoms with van der Waals surface area (Å²) in [6.45, 7) is 3.77. The average molecular weight is 329 g/mol. The number of carbonyl (C=O) groups excluding carboxylic acids is 1. The van der Waals surface area contributed by atoms with Crippen LogP contribution in [0.2, 0.25) is 0 Å². The average Bonchev–Trinajstić information content (AvgIpc) is 2.89. The summed E-state index contributed by atoms with van der Waals surface area (Å²) >= 11 is 0. The van der Waals surface area contributed by atoms with Gasteiger partial charge >= 0.3 is 6.03 Å². The molecule has 24 heavy (non-hydrogen) atoms. The van der Waals surface area contributed by atoms with E-state index in [1.165, 1.54) is 0 Å². The number of aliphatic hydroxyl groups excluding tert-OH is 1. The van der Waals surface area contributed by atoms with Crippen molar-refractivity contribution in [2.24, 2.45) is 0 Å². The minimum Gasteiger partial charge on any atom is -0.441 e. The molecule has 0 radical (unpaired) electrons. The molecule has 1 aromatic carbocycles. The Kier molecular flexibility index (Phi) is 4.85. The van der Waals surface area contributed by atoms with Crippen LogP contribution in [0.4, 0.5) is 10.5 Å². The summed E-state index contributed by atoms with van der Waals surface area (Å²) in [6.07, 6.45) is 3.12. The third-order valence-electron chi connectivity index (χ3n) is 4.44. The highest BCUT2D eigenvalue weighted by Crippen LogP contribution is 2.24. The summed E-state index contributed by atoms with van der Waals surface area (Å²) in [5, 5.41) is 15.6. The first kappa shape index (κ1) is 16.5. The Morgan fingerprint density at radius 2 is 2.08 bits per heavy atom. The predicted molar refractivity (Wildman–Crippen MR) is 91.8 cm³/mol. The van der Waals surface area contributed by atoms with Crippen LogP contribution in [-0.2, 0) is 0 Å². The summed E-state index contributed by atoms with van der Waals surface area (Å²) in [4.78, 5) is 16.5. The highest BCUT2D eigenvalue weighted by atomic mass is 16.4. The fourth-order valence-corrected chi connectivity index (χ4v) is 2.94. The summed E-state index contributed by atoms with van der Waals surface area (Å²) in [6, 6.07) is 6.87. The van der Waals surface area contributed by atoms with Gasteiger partial charge in [0.15, 0.2) is 0 Å². The third-order valence-corrected chi connectivity index (χ3v) is 4.44. The van der Waals surface area contributed by atoms with Gasteiger partial charge in [-0.15, -0.1) is 0 Å². The smallest absolute Gasteiger partial charge is 0.319 e. The van der Waals surface area contributed by atoms with E-state index in [4.69, 9.17) is 4.42 Å². The molecule has 0 aliphatic heterocycles. The monoisotopic (exact) mass is 329 g/mol.